The molecule has 4 nitrogen and oxygen atoms in total. The first kappa shape index (κ1) is 15.3. The molecule has 120 valence electrons. The van der Waals surface area contributed by atoms with Crippen LogP contribution < -0.4 is 5.32 Å². The van der Waals surface area contributed by atoms with Crippen LogP contribution in [0.15, 0.2) is 30.3 Å². The van der Waals surface area contributed by atoms with E-state index in [1.54, 1.807) is 0 Å². The Morgan fingerprint density at radius 3 is 2.50 bits per heavy atom. The summed E-state index contributed by atoms with van der Waals surface area (Å²) in [6.45, 7) is 4.83. The summed E-state index contributed by atoms with van der Waals surface area (Å²) >= 11 is 0. The minimum absolute atomic E-state index is 0.126. The van der Waals surface area contributed by atoms with Crippen molar-refractivity contribution in [3.05, 3.63) is 35.9 Å². The predicted molar refractivity (Wildman–Crippen MR) is 89.0 cm³/mol. The van der Waals surface area contributed by atoms with E-state index in [4.69, 9.17) is 0 Å². The zero-order chi connectivity index (χ0) is 15.4. The minimum Gasteiger partial charge on any atom is -0.338 e. The number of urea groups is 1. The van der Waals surface area contributed by atoms with Crippen LogP contribution in [0, 0.1) is 5.92 Å². The number of piperidine rings is 1. The topological polar surface area (TPSA) is 35.6 Å². The zero-order valence-electron chi connectivity index (χ0n) is 13.5. The number of carbonyl (C=O) groups excluding carboxylic acids is 1. The highest BCUT2D eigenvalue weighted by molar-refractivity contribution is 5.74. The van der Waals surface area contributed by atoms with E-state index in [0.717, 1.165) is 45.6 Å². The van der Waals surface area contributed by atoms with Crippen LogP contribution in [0.3, 0.4) is 0 Å². The molecule has 1 aromatic carbocycles. The molecule has 2 aliphatic rings. The van der Waals surface area contributed by atoms with Gasteiger partial charge < -0.3 is 15.1 Å². The fraction of sp³-hybridized carbons (Fsp3) is 0.611. The Bertz CT molecular complexity index is 482. The molecule has 0 aromatic heterocycles. The lowest BCUT2D eigenvalue weighted by molar-refractivity contribution is 0.179. The number of benzene rings is 1. The fourth-order valence-corrected chi connectivity index (χ4v) is 3.68. The predicted octanol–water partition coefficient (Wildman–Crippen LogP) is 2.53. The van der Waals surface area contributed by atoms with Crippen molar-refractivity contribution in [1.82, 2.24) is 15.1 Å². The number of likely N-dealkylation sites (tertiary alicyclic amines) is 2. The van der Waals surface area contributed by atoms with E-state index in [9.17, 15) is 4.79 Å². The molecule has 0 aliphatic carbocycles. The molecule has 2 heterocycles. The second-order valence-corrected chi connectivity index (χ2v) is 6.78. The van der Waals surface area contributed by atoms with Crippen molar-refractivity contribution in [2.45, 2.75) is 25.2 Å². The van der Waals surface area contributed by atoms with E-state index < -0.39 is 0 Å². The average Bonchev–Trinajstić information content (AvgIpc) is 2.99. The van der Waals surface area contributed by atoms with Gasteiger partial charge in [-0.1, -0.05) is 30.3 Å². The SMILES string of the molecule is CN1CC[C@H](CNC(=O)N2CCC(c3ccccc3)CC2)C1. The van der Waals surface area contributed by atoms with Gasteiger partial charge in [0.1, 0.15) is 0 Å². The second kappa shape index (κ2) is 7.14. The summed E-state index contributed by atoms with van der Waals surface area (Å²) in [5, 5.41) is 3.13. The Balaban J connectivity index is 1.42. The van der Waals surface area contributed by atoms with Crippen LogP contribution in [0.4, 0.5) is 4.79 Å². The maximum atomic E-state index is 12.3. The van der Waals surface area contributed by atoms with Crippen LogP contribution in [-0.2, 0) is 0 Å². The van der Waals surface area contributed by atoms with Crippen molar-refractivity contribution in [1.29, 1.82) is 0 Å². The van der Waals surface area contributed by atoms with E-state index in [0.29, 0.717) is 11.8 Å². The van der Waals surface area contributed by atoms with Gasteiger partial charge in [-0.05, 0) is 50.3 Å². The maximum Gasteiger partial charge on any atom is 0.317 e. The van der Waals surface area contributed by atoms with E-state index in [1.165, 1.54) is 12.0 Å². The van der Waals surface area contributed by atoms with Gasteiger partial charge in [-0.25, -0.2) is 4.79 Å². The molecule has 0 spiro atoms. The Morgan fingerprint density at radius 2 is 1.86 bits per heavy atom. The molecule has 0 radical (unpaired) electrons. The summed E-state index contributed by atoms with van der Waals surface area (Å²) in [5.41, 5.74) is 1.41. The number of hydrogen-bond acceptors (Lipinski definition) is 2. The molecular weight excluding hydrogens is 274 g/mol. The van der Waals surface area contributed by atoms with Gasteiger partial charge >= 0.3 is 6.03 Å². The van der Waals surface area contributed by atoms with E-state index in [1.807, 2.05) is 4.90 Å². The van der Waals surface area contributed by atoms with Crippen molar-refractivity contribution in [3.63, 3.8) is 0 Å². The lowest BCUT2D eigenvalue weighted by atomic mass is 9.90. The first-order chi connectivity index (χ1) is 10.7. The standard InChI is InChI=1S/C18H27N3O/c1-20-10-7-15(14-20)13-19-18(22)21-11-8-17(9-12-21)16-5-3-2-4-6-16/h2-6,15,17H,7-14H2,1H3,(H,19,22)/t15-/m1/s1. The lowest BCUT2D eigenvalue weighted by Gasteiger charge is -2.32. The van der Waals surface area contributed by atoms with Gasteiger partial charge in [0.25, 0.3) is 0 Å². The highest BCUT2D eigenvalue weighted by Crippen LogP contribution is 2.27. The third-order valence-corrected chi connectivity index (χ3v) is 5.08. The van der Waals surface area contributed by atoms with Crippen LogP contribution >= 0.6 is 0 Å². The molecule has 2 amide bonds. The van der Waals surface area contributed by atoms with Gasteiger partial charge in [-0.3, -0.25) is 0 Å². The highest BCUT2D eigenvalue weighted by Gasteiger charge is 2.25. The molecule has 0 bridgehead atoms. The zero-order valence-corrected chi connectivity index (χ0v) is 13.5. The molecule has 1 N–H and O–H groups in total. The monoisotopic (exact) mass is 301 g/mol. The van der Waals surface area contributed by atoms with Crippen molar-refractivity contribution < 1.29 is 4.79 Å². The normalized spacial score (nSPS) is 23.7. The van der Waals surface area contributed by atoms with Gasteiger partial charge in [-0.2, -0.15) is 0 Å². The molecule has 0 unspecified atom stereocenters. The van der Waals surface area contributed by atoms with E-state index >= 15 is 0 Å². The molecule has 1 atom stereocenters. The van der Waals surface area contributed by atoms with Crippen molar-refractivity contribution in [2.24, 2.45) is 5.92 Å². The molecule has 2 aliphatic heterocycles. The molecule has 22 heavy (non-hydrogen) atoms. The Labute approximate surface area is 133 Å². The number of carbonyl (C=O) groups is 1. The molecule has 1 aromatic rings. The summed E-state index contributed by atoms with van der Waals surface area (Å²) in [4.78, 5) is 16.6. The van der Waals surface area contributed by atoms with Crippen LogP contribution in [0.1, 0.15) is 30.7 Å². The summed E-state index contributed by atoms with van der Waals surface area (Å²) in [7, 11) is 2.15. The molecule has 4 heteroatoms. The second-order valence-electron chi connectivity index (χ2n) is 6.78. The van der Waals surface area contributed by atoms with Crippen LogP contribution in [0.5, 0.6) is 0 Å². The molecule has 0 saturated carbocycles. The van der Waals surface area contributed by atoms with E-state index in [2.05, 4.69) is 47.6 Å². The summed E-state index contributed by atoms with van der Waals surface area (Å²) in [6.07, 6.45) is 3.35. The largest absolute Gasteiger partial charge is 0.338 e. The Morgan fingerprint density at radius 1 is 1.14 bits per heavy atom. The van der Waals surface area contributed by atoms with Crippen molar-refractivity contribution >= 4 is 6.03 Å². The summed E-state index contributed by atoms with van der Waals surface area (Å²) in [5.74, 6) is 1.23. The minimum atomic E-state index is 0.126. The van der Waals surface area contributed by atoms with Crippen molar-refractivity contribution in [2.75, 3.05) is 39.8 Å². The number of hydrogen-bond donors (Lipinski definition) is 1. The maximum absolute atomic E-state index is 12.3. The van der Waals surface area contributed by atoms with Crippen LogP contribution in [0.25, 0.3) is 0 Å². The first-order valence-electron chi connectivity index (χ1n) is 8.48. The Hall–Kier alpha value is -1.55. The average molecular weight is 301 g/mol. The highest BCUT2D eigenvalue weighted by atomic mass is 16.2. The van der Waals surface area contributed by atoms with Gasteiger partial charge in [-0.15, -0.1) is 0 Å². The fourth-order valence-electron chi connectivity index (χ4n) is 3.68. The van der Waals surface area contributed by atoms with Crippen molar-refractivity contribution in [3.8, 4) is 0 Å². The smallest absolute Gasteiger partial charge is 0.317 e. The number of amides is 2. The summed E-state index contributed by atoms with van der Waals surface area (Å²) < 4.78 is 0. The number of nitrogens with zero attached hydrogens (tertiary/aromatic N) is 2. The van der Waals surface area contributed by atoms with Gasteiger partial charge in [0.2, 0.25) is 0 Å². The van der Waals surface area contributed by atoms with E-state index in [-0.39, 0.29) is 6.03 Å². The molecule has 2 saturated heterocycles. The van der Waals surface area contributed by atoms with Gasteiger partial charge in [0, 0.05) is 26.2 Å². The van der Waals surface area contributed by atoms with Gasteiger partial charge in [0.05, 0.1) is 0 Å². The third kappa shape index (κ3) is 3.80. The molecular formula is C18H27N3O. The molecule has 3 rings (SSSR count). The van der Waals surface area contributed by atoms with Crippen LogP contribution in [0.2, 0.25) is 0 Å². The summed E-state index contributed by atoms with van der Waals surface area (Å²) in [6, 6.07) is 10.8. The Kier molecular flexibility index (Phi) is 4.98. The lowest BCUT2D eigenvalue weighted by Crippen LogP contribution is -2.45. The van der Waals surface area contributed by atoms with Crippen LogP contribution in [-0.4, -0.2) is 55.6 Å². The number of rotatable bonds is 3. The van der Waals surface area contributed by atoms with Gasteiger partial charge in [0.15, 0.2) is 0 Å². The quantitative estimate of drug-likeness (QED) is 0.931. The first-order valence-corrected chi connectivity index (χ1v) is 8.48. The molecule has 2 fully saturated rings. The number of nitrogens with one attached hydrogen (secondary N) is 1. The third-order valence-electron chi connectivity index (χ3n) is 5.08.